The number of hydrogen-bond donors (Lipinski definition) is 1. The second-order valence-corrected chi connectivity index (χ2v) is 12.2. The van der Waals surface area contributed by atoms with Crippen LogP contribution in [0.3, 0.4) is 0 Å². The van der Waals surface area contributed by atoms with Gasteiger partial charge in [0.1, 0.15) is 0 Å². The monoisotopic (exact) mass is 565 g/mol. The van der Waals surface area contributed by atoms with Gasteiger partial charge < -0.3 is 9.67 Å². The highest BCUT2D eigenvalue weighted by Crippen LogP contribution is 2.34. The van der Waals surface area contributed by atoms with E-state index in [1.165, 1.54) is 9.80 Å². The van der Waals surface area contributed by atoms with Crippen molar-refractivity contribution in [2.45, 2.75) is 59.8 Å². The van der Waals surface area contributed by atoms with Crippen LogP contribution in [-0.4, -0.2) is 42.9 Å². The van der Waals surface area contributed by atoms with Crippen LogP contribution in [0.4, 0.5) is 4.79 Å². The molecular formula is C34H35N3O5. The molecule has 8 heteroatoms. The number of carbonyl (C=O) groups excluding carboxylic acids is 2. The third-order valence-electron chi connectivity index (χ3n) is 7.62. The van der Waals surface area contributed by atoms with Crippen LogP contribution in [0.5, 0.6) is 0 Å². The molecule has 1 N–H and O–H groups in total. The molecule has 2 heterocycles. The quantitative estimate of drug-likeness (QED) is 0.262. The van der Waals surface area contributed by atoms with Crippen LogP contribution in [0, 0.1) is 5.92 Å². The van der Waals surface area contributed by atoms with E-state index in [1.54, 1.807) is 41.0 Å². The zero-order valence-corrected chi connectivity index (χ0v) is 24.5. The number of hydrogen-bond acceptors (Lipinski definition) is 4. The molecule has 0 fully saturated rings. The van der Waals surface area contributed by atoms with Crippen LogP contribution in [0.1, 0.15) is 66.6 Å². The summed E-state index contributed by atoms with van der Waals surface area (Å²) in [6, 6.07) is 21.8. The number of pyridine rings is 1. The first-order chi connectivity index (χ1) is 19.9. The molecule has 0 radical (unpaired) electrons. The Balaban J connectivity index is 1.74. The molecule has 0 bridgehead atoms. The Kier molecular flexibility index (Phi) is 7.49. The lowest BCUT2D eigenvalue weighted by Gasteiger charge is -2.35. The Morgan fingerprint density at radius 2 is 1.45 bits per heavy atom. The normalized spacial score (nSPS) is 13.2. The van der Waals surface area contributed by atoms with Crippen LogP contribution in [0.15, 0.2) is 77.6 Å². The van der Waals surface area contributed by atoms with Crippen molar-refractivity contribution in [3.05, 3.63) is 106 Å². The highest BCUT2D eigenvalue weighted by molar-refractivity contribution is 6.21. The molecule has 3 amide bonds. The average Bonchev–Trinajstić information content (AvgIpc) is 3.17. The van der Waals surface area contributed by atoms with Gasteiger partial charge in [-0.2, -0.15) is 0 Å². The molecule has 0 aliphatic carbocycles. The van der Waals surface area contributed by atoms with E-state index in [0.717, 1.165) is 11.1 Å². The van der Waals surface area contributed by atoms with Gasteiger partial charge in [-0.15, -0.1) is 0 Å². The number of rotatable bonds is 7. The molecule has 8 nitrogen and oxygen atoms in total. The van der Waals surface area contributed by atoms with E-state index in [1.807, 2.05) is 71.0 Å². The highest BCUT2D eigenvalue weighted by Gasteiger charge is 2.35. The Hall–Kier alpha value is -4.72. The van der Waals surface area contributed by atoms with Gasteiger partial charge in [0.25, 0.3) is 17.4 Å². The lowest BCUT2D eigenvalue weighted by atomic mass is 9.94. The second kappa shape index (κ2) is 10.9. The summed E-state index contributed by atoms with van der Waals surface area (Å²) in [7, 11) is 0. The number of aromatic nitrogens is 1. The van der Waals surface area contributed by atoms with Gasteiger partial charge in [-0.1, -0.05) is 62.4 Å². The summed E-state index contributed by atoms with van der Waals surface area (Å²) in [4.78, 5) is 55.3. The van der Waals surface area contributed by atoms with Gasteiger partial charge in [-0.05, 0) is 67.5 Å². The highest BCUT2D eigenvalue weighted by atomic mass is 16.4. The summed E-state index contributed by atoms with van der Waals surface area (Å²) in [6.45, 7) is 9.99. The zero-order chi connectivity index (χ0) is 30.3. The van der Waals surface area contributed by atoms with Gasteiger partial charge in [-0.3, -0.25) is 24.2 Å². The van der Waals surface area contributed by atoms with Gasteiger partial charge in [0.2, 0.25) is 0 Å². The van der Waals surface area contributed by atoms with Crippen molar-refractivity contribution in [1.82, 2.24) is 14.4 Å². The topological polar surface area (TPSA) is 99.9 Å². The van der Waals surface area contributed by atoms with Crippen molar-refractivity contribution in [3.63, 3.8) is 0 Å². The van der Waals surface area contributed by atoms with Crippen molar-refractivity contribution in [1.29, 1.82) is 0 Å². The van der Waals surface area contributed by atoms with Crippen LogP contribution in [0.25, 0.3) is 21.9 Å². The molecule has 0 saturated carbocycles. The summed E-state index contributed by atoms with van der Waals surface area (Å²) in [5.74, 6) is -0.577. The van der Waals surface area contributed by atoms with Gasteiger partial charge >= 0.3 is 6.09 Å². The van der Waals surface area contributed by atoms with Crippen LogP contribution in [-0.2, 0) is 19.6 Å². The standard InChI is InChI=1S/C34H35N3O5/c1-21(2)18-35-28(20-37(33(41)42)34(3,4)5)29(23-11-7-6-8-12-23)27-17-22(15-16-26(27)30(35)38)19-36-31(39)24-13-9-10-14-25(24)32(36)40/h6-17,21H,18-20H2,1-5H3,(H,41,42). The minimum atomic E-state index is -1.08. The first kappa shape index (κ1) is 28.8. The fourth-order valence-electron chi connectivity index (χ4n) is 5.60. The number of carboxylic acid groups (broad SMARTS) is 1. The molecule has 1 aliphatic heterocycles. The molecule has 0 atom stereocenters. The maximum atomic E-state index is 14.1. The molecule has 0 spiro atoms. The summed E-state index contributed by atoms with van der Waals surface area (Å²) in [5, 5.41) is 11.3. The predicted octanol–water partition coefficient (Wildman–Crippen LogP) is 6.40. The summed E-state index contributed by atoms with van der Waals surface area (Å²) in [6.07, 6.45) is -1.08. The molecule has 216 valence electrons. The first-order valence-electron chi connectivity index (χ1n) is 14.1. The Morgan fingerprint density at radius 1 is 0.857 bits per heavy atom. The van der Waals surface area contributed by atoms with Crippen LogP contribution < -0.4 is 5.56 Å². The molecule has 4 aromatic rings. The number of fused-ring (bicyclic) bond motifs is 2. The minimum Gasteiger partial charge on any atom is -0.465 e. The fraction of sp³-hybridized carbons (Fsp3) is 0.294. The van der Waals surface area contributed by atoms with E-state index in [9.17, 15) is 24.3 Å². The van der Waals surface area contributed by atoms with E-state index in [-0.39, 0.29) is 36.4 Å². The lowest BCUT2D eigenvalue weighted by Crippen LogP contribution is -2.45. The van der Waals surface area contributed by atoms with Gasteiger partial charge in [0, 0.05) is 28.7 Å². The Labute approximate surface area is 244 Å². The number of imide groups is 1. The summed E-state index contributed by atoms with van der Waals surface area (Å²) >= 11 is 0. The summed E-state index contributed by atoms with van der Waals surface area (Å²) < 4.78 is 1.71. The van der Waals surface area contributed by atoms with Gasteiger partial charge in [0.15, 0.2) is 0 Å². The number of carbonyl (C=O) groups is 3. The SMILES string of the molecule is CC(C)Cn1c(CN(C(=O)O)C(C)(C)C)c(-c2ccccc2)c2cc(CN3C(=O)c4ccccc4C3=O)ccc2c1=O. The van der Waals surface area contributed by atoms with Gasteiger partial charge in [-0.25, -0.2) is 4.79 Å². The lowest BCUT2D eigenvalue weighted by molar-refractivity contribution is 0.0642. The van der Waals surface area contributed by atoms with Crippen molar-refractivity contribution in [2.75, 3.05) is 0 Å². The largest absolute Gasteiger partial charge is 0.465 e. The van der Waals surface area contributed by atoms with E-state index in [4.69, 9.17) is 0 Å². The molecule has 1 aromatic heterocycles. The minimum absolute atomic E-state index is 0.00357. The second-order valence-electron chi connectivity index (χ2n) is 12.2. The molecule has 1 aliphatic rings. The van der Waals surface area contributed by atoms with E-state index in [2.05, 4.69) is 0 Å². The van der Waals surface area contributed by atoms with Crippen LogP contribution in [0.2, 0.25) is 0 Å². The smallest absolute Gasteiger partial charge is 0.408 e. The van der Waals surface area contributed by atoms with E-state index in [0.29, 0.717) is 39.7 Å². The first-order valence-corrected chi connectivity index (χ1v) is 14.1. The van der Waals surface area contributed by atoms with Crippen molar-refractivity contribution < 1.29 is 19.5 Å². The maximum absolute atomic E-state index is 14.1. The van der Waals surface area contributed by atoms with E-state index < -0.39 is 11.6 Å². The van der Waals surface area contributed by atoms with Crippen molar-refractivity contribution in [3.8, 4) is 11.1 Å². The molecule has 42 heavy (non-hydrogen) atoms. The Bertz CT molecular complexity index is 1730. The number of nitrogens with zero attached hydrogens (tertiary/aromatic N) is 3. The van der Waals surface area contributed by atoms with Crippen molar-refractivity contribution >= 4 is 28.7 Å². The van der Waals surface area contributed by atoms with E-state index >= 15 is 0 Å². The number of amides is 3. The zero-order valence-electron chi connectivity index (χ0n) is 24.5. The molecule has 0 saturated heterocycles. The summed E-state index contributed by atoms with van der Waals surface area (Å²) in [5.41, 5.74) is 2.71. The molecule has 0 unspecified atom stereocenters. The average molecular weight is 566 g/mol. The maximum Gasteiger partial charge on any atom is 0.408 e. The fourth-order valence-corrected chi connectivity index (χ4v) is 5.60. The number of benzene rings is 3. The van der Waals surface area contributed by atoms with Crippen molar-refractivity contribution in [2.24, 2.45) is 5.92 Å². The van der Waals surface area contributed by atoms with Crippen LogP contribution >= 0.6 is 0 Å². The molecule has 3 aromatic carbocycles. The third kappa shape index (κ3) is 5.20. The molecule has 5 rings (SSSR count). The van der Waals surface area contributed by atoms with Gasteiger partial charge in [0.05, 0.1) is 24.2 Å². The third-order valence-corrected chi connectivity index (χ3v) is 7.62. The molecular weight excluding hydrogens is 530 g/mol. The predicted molar refractivity (Wildman–Crippen MR) is 162 cm³/mol. The Morgan fingerprint density at radius 3 is 2.00 bits per heavy atom.